The van der Waals surface area contributed by atoms with E-state index < -0.39 is 22.0 Å². The van der Waals surface area contributed by atoms with Crippen molar-refractivity contribution in [1.29, 1.82) is 0 Å². The van der Waals surface area contributed by atoms with E-state index in [2.05, 4.69) is 0 Å². The normalized spacial score (nSPS) is 23.4. The summed E-state index contributed by atoms with van der Waals surface area (Å²) in [6, 6.07) is 3.10. The second kappa shape index (κ2) is 5.92. The third kappa shape index (κ3) is 2.91. The van der Waals surface area contributed by atoms with E-state index in [0.29, 0.717) is 13.0 Å². The van der Waals surface area contributed by atoms with Gasteiger partial charge in [-0.2, -0.15) is 4.31 Å². The molecule has 1 saturated heterocycles. The highest BCUT2D eigenvalue weighted by Crippen LogP contribution is 2.31. The van der Waals surface area contributed by atoms with E-state index in [0.717, 1.165) is 6.07 Å². The maximum absolute atomic E-state index is 12.6. The Morgan fingerprint density at radius 2 is 2.14 bits per heavy atom. The number of sulfonamides is 1. The van der Waals surface area contributed by atoms with Crippen molar-refractivity contribution < 1.29 is 23.4 Å². The highest BCUT2D eigenvalue weighted by molar-refractivity contribution is 7.89. The molecule has 2 atom stereocenters. The van der Waals surface area contributed by atoms with Crippen LogP contribution in [-0.4, -0.2) is 48.1 Å². The van der Waals surface area contributed by atoms with Gasteiger partial charge in [-0.1, -0.05) is 18.5 Å². The Kier molecular flexibility index (Phi) is 4.57. The van der Waals surface area contributed by atoms with E-state index in [4.69, 9.17) is 16.7 Å². The van der Waals surface area contributed by atoms with Crippen molar-refractivity contribution in [2.75, 3.05) is 13.2 Å². The lowest BCUT2D eigenvalue weighted by Gasteiger charge is -2.24. The molecule has 1 aliphatic rings. The molecule has 1 aromatic carbocycles. The second-order valence-corrected chi connectivity index (χ2v) is 7.38. The minimum atomic E-state index is -3.85. The SMILES string of the molecule is CC1CCN(S(=O)(=O)c2ccc(Cl)c(C(=O)O)c2)C1CO. The minimum absolute atomic E-state index is 0.0186. The van der Waals surface area contributed by atoms with Crippen molar-refractivity contribution in [2.45, 2.75) is 24.3 Å². The van der Waals surface area contributed by atoms with Crippen LogP contribution in [0.2, 0.25) is 5.02 Å². The average Bonchev–Trinajstić information content (AvgIpc) is 2.80. The number of aromatic carboxylic acids is 1. The van der Waals surface area contributed by atoms with Crippen molar-refractivity contribution in [2.24, 2.45) is 5.92 Å². The van der Waals surface area contributed by atoms with Gasteiger partial charge in [0, 0.05) is 6.54 Å². The predicted molar refractivity (Wildman–Crippen MR) is 77.0 cm³/mol. The van der Waals surface area contributed by atoms with Crippen LogP contribution in [-0.2, 0) is 10.0 Å². The van der Waals surface area contributed by atoms with Crippen LogP contribution in [0.4, 0.5) is 0 Å². The first kappa shape index (κ1) is 16.2. The van der Waals surface area contributed by atoms with Gasteiger partial charge >= 0.3 is 5.97 Å². The molecule has 8 heteroatoms. The molecule has 2 unspecified atom stereocenters. The number of hydrogen-bond acceptors (Lipinski definition) is 4. The average molecular weight is 334 g/mol. The molecular formula is C13H16ClNO5S. The van der Waals surface area contributed by atoms with Crippen molar-refractivity contribution in [3.05, 3.63) is 28.8 Å². The maximum Gasteiger partial charge on any atom is 0.337 e. The first-order valence-corrected chi connectivity index (χ1v) is 8.26. The quantitative estimate of drug-likeness (QED) is 0.869. The largest absolute Gasteiger partial charge is 0.478 e. The van der Waals surface area contributed by atoms with Gasteiger partial charge in [0.25, 0.3) is 0 Å². The summed E-state index contributed by atoms with van der Waals surface area (Å²) in [5.74, 6) is -1.23. The molecule has 2 N–H and O–H groups in total. The number of hydrogen-bond donors (Lipinski definition) is 2. The maximum atomic E-state index is 12.6. The van der Waals surface area contributed by atoms with Crippen LogP contribution < -0.4 is 0 Å². The number of nitrogens with zero attached hydrogens (tertiary/aromatic N) is 1. The van der Waals surface area contributed by atoms with Crippen LogP contribution in [0.1, 0.15) is 23.7 Å². The molecule has 1 aromatic rings. The fourth-order valence-electron chi connectivity index (χ4n) is 2.51. The Labute approximate surface area is 128 Å². The third-order valence-electron chi connectivity index (χ3n) is 3.79. The molecule has 0 spiro atoms. The van der Waals surface area contributed by atoms with Crippen LogP contribution in [0, 0.1) is 5.92 Å². The van der Waals surface area contributed by atoms with E-state index in [-0.39, 0.29) is 28.0 Å². The molecule has 0 amide bonds. The predicted octanol–water partition coefficient (Wildman–Crippen LogP) is 1.43. The van der Waals surface area contributed by atoms with Gasteiger partial charge < -0.3 is 10.2 Å². The smallest absolute Gasteiger partial charge is 0.337 e. The van der Waals surface area contributed by atoms with Gasteiger partial charge in [0.2, 0.25) is 10.0 Å². The number of halogens is 1. The number of carbonyl (C=O) groups is 1. The van der Waals surface area contributed by atoms with Crippen LogP contribution in [0.3, 0.4) is 0 Å². The summed E-state index contributed by atoms with van der Waals surface area (Å²) < 4.78 is 26.5. The zero-order valence-electron chi connectivity index (χ0n) is 11.4. The van der Waals surface area contributed by atoms with Crippen LogP contribution in [0.25, 0.3) is 0 Å². The van der Waals surface area contributed by atoms with Gasteiger partial charge in [-0.15, -0.1) is 0 Å². The van der Waals surface area contributed by atoms with E-state index in [1.54, 1.807) is 0 Å². The number of benzene rings is 1. The van der Waals surface area contributed by atoms with Crippen molar-refractivity contribution in [1.82, 2.24) is 4.31 Å². The van der Waals surface area contributed by atoms with Crippen molar-refractivity contribution >= 4 is 27.6 Å². The topological polar surface area (TPSA) is 94.9 Å². The fraction of sp³-hybridized carbons (Fsp3) is 0.462. The van der Waals surface area contributed by atoms with Crippen LogP contribution >= 0.6 is 11.6 Å². The van der Waals surface area contributed by atoms with Gasteiger partial charge in [-0.05, 0) is 30.5 Å². The van der Waals surface area contributed by atoms with Gasteiger partial charge in [-0.3, -0.25) is 0 Å². The molecule has 1 heterocycles. The third-order valence-corrected chi connectivity index (χ3v) is 6.04. The summed E-state index contributed by atoms with van der Waals surface area (Å²) >= 11 is 5.75. The standard InChI is InChI=1S/C13H16ClNO5S/c1-8-4-5-15(12(8)7-16)21(19,20)9-2-3-11(14)10(6-9)13(17)18/h2-3,6,8,12,16H,4-5,7H2,1H3,(H,17,18). The molecule has 6 nitrogen and oxygen atoms in total. The highest BCUT2D eigenvalue weighted by Gasteiger charge is 2.39. The summed E-state index contributed by atoms with van der Waals surface area (Å²) in [5, 5.41) is 18.4. The molecule has 1 aliphatic heterocycles. The lowest BCUT2D eigenvalue weighted by atomic mass is 10.0. The summed E-state index contributed by atoms with van der Waals surface area (Å²) in [7, 11) is -3.85. The Morgan fingerprint density at radius 1 is 1.48 bits per heavy atom. The molecule has 0 aliphatic carbocycles. The van der Waals surface area contributed by atoms with Gasteiger partial charge in [0.05, 0.1) is 28.1 Å². The minimum Gasteiger partial charge on any atom is -0.478 e. The lowest BCUT2D eigenvalue weighted by molar-refractivity contribution is 0.0697. The Balaban J connectivity index is 2.45. The molecule has 0 aromatic heterocycles. The number of carboxylic acids is 1. The van der Waals surface area contributed by atoms with E-state index >= 15 is 0 Å². The van der Waals surface area contributed by atoms with Crippen molar-refractivity contribution in [3.8, 4) is 0 Å². The van der Waals surface area contributed by atoms with Gasteiger partial charge in [-0.25, -0.2) is 13.2 Å². The van der Waals surface area contributed by atoms with Crippen LogP contribution in [0.5, 0.6) is 0 Å². The number of carboxylic acid groups (broad SMARTS) is 1. The summed E-state index contributed by atoms with van der Waals surface area (Å²) in [4.78, 5) is 10.9. The summed E-state index contributed by atoms with van der Waals surface area (Å²) in [5.41, 5.74) is -0.259. The molecule has 2 rings (SSSR count). The summed E-state index contributed by atoms with van der Waals surface area (Å²) in [6.45, 7) is 1.92. The number of aliphatic hydroxyl groups excluding tert-OH is 1. The number of rotatable bonds is 4. The molecule has 0 radical (unpaired) electrons. The van der Waals surface area contributed by atoms with E-state index in [9.17, 15) is 18.3 Å². The Bertz CT molecular complexity index is 661. The van der Waals surface area contributed by atoms with Gasteiger partial charge in [0.1, 0.15) is 0 Å². The first-order chi connectivity index (χ1) is 9.78. The summed E-state index contributed by atoms with van der Waals surface area (Å²) in [6.07, 6.45) is 0.657. The zero-order chi connectivity index (χ0) is 15.8. The highest BCUT2D eigenvalue weighted by atomic mass is 35.5. The second-order valence-electron chi connectivity index (χ2n) is 5.08. The van der Waals surface area contributed by atoms with E-state index in [1.165, 1.54) is 16.4 Å². The molecule has 1 fully saturated rings. The molecule has 116 valence electrons. The van der Waals surface area contributed by atoms with Crippen molar-refractivity contribution in [3.63, 3.8) is 0 Å². The lowest BCUT2D eigenvalue weighted by Crippen LogP contribution is -2.39. The first-order valence-electron chi connectivity index (χ1n) is 6.44. The molecule has 0 saturated carbocycles. The monoisotopic (exact) mass is 333 g/mol. The molecule has 0 bridgehead atoms. The van der Waals surface area contributed by atoms with Crippen LogP contribution in [0.15, 0.2) is 23.1 Å². The van der Waals surface area contributed by atoms with Gasteiger partial charge in [0.15, 0.2) is 0 Å². The fourth-order valence-corrected chi connectivity index (χ4v) is 4.46. The Hall–Kier alpha value is -1.15. The molecular weight excluding hydrogens is 318 g/mol. The number of aliphatic hydroxyl groups is 1. The Morgan fingerprint density at radius 3 is 2.71 bits per heavy atom. The molecule has 21 heavy (non-hydrogen) atoms. The zero-order valence-corrected chi connectivity index (χ0v) is 12.9. The van der Waals surface area contributed by atoms with E-state index in [1.807, 2.05) is 6.92 Å².